The molecular weight excluding hydrogens is 631 g/mol. The fraction of sp³-hybridized carbons (Fsp3) is 0. The van der Waals surface area contributed by atoms with Gasteiger partial charge in [0.15, 0.2) is 0 Å². The Balaban J connectivity index is 1.13. The molecule has 2 nitrogen and oxygen atoms in total. The molecule has 1 aromatic heterocycles. The molecule has 0 radical (unpaired) electrons. The number of para-hydroxylation sites is 2. The molecular formula is C50H33NO. The molecule has 0 aliphatic rings. The van der Waals surface area contributed by atoms with Crippen molar-refractivity contribution in [3.8, 4) is 33.4 Å². The van der Waals surface area contributed by atoms with E-state index in [0.717, 1.165) is 50.1 Å². The summed E-state index contributed by atoms with van der Waals surface area (Å²) in [5, 5.41) is 7.24. The summed E-state index contributed by atoms with van der Waals surface area (Å²) in [6.45, 7) is 0. The molecule has 0 fully saturated rings. The lowest BCUT2D eigenvalue weighted by atomic mass is 9.95. The van der Waals surface area contributed by atoms with Crippen LogP contribution in [0.1, 0.15) is 0 Å². The van der Waals surface area contributed by atoms with Gasteiger partial charge in [-0.05, 0) is 91.8 Å². The zero-order valence-electron chi connectivity index (χ0n) is 28.4. The molecule has 244 valence electrons. The second-order valence-electron chi connectivity index (χ2n) is 13.3. The van der Waals surface area contributed by atoms with Gasteiger partial charge in [0, 0.05) is 27.7 Å². The Labute approximate surface area is 302 Å². The number of fused-ring (bicyclic) bond motifs is 5. The summed E-state index contributed by atoms with van der Waals surface area (Å²) in [4.78, 5) is 2.39. The summed E-state index contributed by atoms with van der Waals surface area (Å²) >= 11 is 0. The minimum absolute atomic E-state index is 0.903. The van der Waals surface area contributed by atoms with Crippen LogP contribution in [0.4, 0.5) is 17.1 Å². The van der Waals surface area contributed by atoms with E-state index in [1.807, 2.05) is 12.1 Å². The van der Waals surface area contributed by atoms with Gasteiger partial charge in [-0.15, -0.1) is 0 Å². The second-order valence-corrected chi connectivity index (χ2v) is 13.3. The molecule has 0 aliphatic carbocycles. The number of hydrogen-bond acceptors (Lipinski definition) is 2. The highest BCUT2D eigenvalue weighted by atomic mass is 16.3. The largest absolute Gasteiger partial charge is 0.456 e. The molecule has 0 N–H and O–H groups in total. The standard InChI is InChI=1S/C50H33NO/c1-3-16-40-34(12-1)14-9-20-41(40)36-26-30-38(31-27-36)51(47-23-7-5-18-45(47)44-22-10-15-35-13-2-4-17-42(35)44)39-32-28-37(29-33-39)43-21-11-25-49-50(43)46-19-6-8-24-48(46)52-49/h1-33H. The van der Waals surface area contributed by atoms with Crippen LogP contribution in [-0.4, -0.2) is 0 Å². The first-order valence-corrected chi connectivity index (χ1v) is 17.8. The van der Waals surface area contributed by atoms with Gasteiger partial charge in [-0.25, -0.2) is 0 Å². The smallest absolute Gasteiger partial charge is 0.136 e. The Bertz CT molecular complexity index is 2890. The van der Waals surface area contributed by atoms with Gasteiger partial charge in [-0.1, -0.05) is 158 Å². The van der Waals surface area contributed by atoms with E-state index in [-0.39, 0.29) is 0 Å². The summed E-state index contributed by atoms with van der Waals surface area (Å²) in [5.41, 5.74) is 12.2. The Morgan fingerprint density at radius 1 is 0.308 bits per heavy atom. The monoisotopic (exact) mass is 663 g/mol. The van der Waals surface area contributed by atoms with E-state index in [1.165, 1.54) is 43.8 Å². The fourth-order valence-corrected chi connectivity index (χ4v) is 7.86. The lowest BCUT2D eigenvalue weighted by Gasteiger charge is -2.28. The number of furan rings is 1. The van der Waals surface area contributed by atoms with E-state index in [2.05, 4.69) is 193 Å². The summed E-state index contributed by atoms with van der Waals surface area (Å²) < 4.78 is 6.23. The van der Waals surface area contributed by atoms with Crippen LogP contribution in [0.25, 0.3) is 76.9 Å². The van der Waals surface area contributed by atoms with E-state index >= 15 is 0 Å². The van der Waals surface area contributed by atoms with E-state index in [4.69, 9.17) is 4.42 Å². The highest BCUT2D eigenvalue weighted by Crippen LogP contribution is 2.44. The molecule has 0 amide bonds. The summed E-state index contributed by atoms with van der Waals surface area (Å²) in [5.74, 6) is 0. The first-order valence-electron chi connectivity index (χ1n) is 17.8. The van der Waals surface area contributed by atoms with Crippen molar-refractivity contribution in [2.75, 3.05) is 4.90 Å². The normalized spacial score (nSPS) is 11.5. The van der Waals surface area contributed by atoms with Gasteiger partial charge in [0.25, 0.3) is 0 Å². The first-order chi connectivity index (χ1) is 25.8. The van der Waals surface area contributed by atoms with E-state index in [1.54, 1.807) is 0 Å². The van der Waals surface area contributed by atoms with Gasteiger partial charge < -0.3 is 9.32 Å². The highest BCUT2D eigenvalue weighted by Gasteiger charge is 2.19. The molecule has 1 heterocycles. The van der Waals surface area contributed by atoms with Crippen LogP contribution >= 0.6 is 0 Å². The topological polar surface area (TPSA) is 16.4 Å². The van der Waals surface area contributed by atoms with Crippen molar-refractivity contribution in [1.29, 1.82) is 0 Å². The van der Waals surface area contributed by atoms with Crippen molar-refractivity contribution in [3.05, 3.63) is 200 Å². The van der Waals surface area contributed by atoms with Crippen LogP contribution in [-0.2, 0) is 0 Å². The SMILES string of the molecule is c1ccc(N(c2ccc(-c3cccc4ccccc34)cc2)c2ccc(-c3cccc4oc5ccccc5c34)cc2)c(-c2cccc3ccccc23)c1. The van der Waals surface area contributed by atoms with Gasteiger partial charge in [-0.3, -0.25) is 0 Å². The Kier molecular flexibility index (Phi) is 7.18. The fourth-order valence-electron chi connectivity index (χ4n) is 7.86. The maximum Gasteiger partial charge on any atom is 0.136 e. The lowest BCUT2D eigenvalue weighted by Crippen LogP contribution is -2.11. The summed E-state index contributed by atoms with van der Waals surface area (Å²) in [6, 6.07) is 71.7. The third kappa shape index (κ3) is 5.04. The predicted molar refractivity (Wildman–Crippen MR) is 220 cm³/mol. The van der Waals surface area contributed by atoms with Gasteiger partial charge in [0.05, 0.1) is 5.69 Å². The Morgan fingerprint density at radius 3 is 1.48 bits per heavy atom. The minimum Gasteiger partial charge on any atom is -0.456 e. The first kappa shape index (κ1) is 30.0. The maximum atomic E-state index is 6.23. The quantitative estimate of drug-likeness (QED) is 0.176. The maximum absolute atomic E-state index is 6.23. The molecule has 52 heavy (non-hydrogen) atoms. The number of hydrogen-bond donors (Lipinski definition) is 0. The zero-order chi connectivity index (χ0) is 34.4. The predicted octanol–water partition coefficient (Wildman–Crippen LogP) is 14.4. The van der Waals surface area contributed by atoms with Gasteiger partial charge in [-0.2, -0.15) is 0 Å². The number of anilines is 3. The molecule has 0 spiro atoms. The van der Waals surface area contributed by atoms with E-state index < -0.39 is 0 Å². The summed E-state index contributed by atoms with van der Waals surface area (Å²) in [7, 11) is 0. The molecule has 2 heteroatoms. The molecule has 10 rings (SSSR count). The molecule has 0 bridgehead atoms. The molecule has 10 aromatic rings. The van der Waals surface area contributed by atoms with Gasteiger partial charge in [0.2, 0.25) is 0 Å². The van der Waals surface area contributed by atoms with Crippen molar-refractivity contribution in [1.82, 2.24) is 0 Å². The number of benzene rings is 9. The minimum atomic E-state index is 0.903. The molecule has 0 unspecified atom stereocenters. The Morgan fingerprint density at radius 2 is 0.769 bits per heavy atom. The van der Waals surface area contributed by atoms with Crippen molar-refractivity contribution < 1.29 is 4.42 Å². The average molecular weight is 664 g/mol. The van der Waals surface area contributed by atoms with E-state index in [9.17, 15) is 0 Å². The third-order valence-corrected chi connectivity index (χ3v) is 10.3. The number of nitrogens with zero attached hydrogens (tertiary/aromatic N) is 1. The van der Waals surface area contributed by atoms with Crippen LogP contribution in [0.2, 0.25) is 0 Å². The van der Waals surface area contributed by atoms with Gasteiger partial charge >= 0.3 is 0 Å². The van der Waals surface area contributed by atoms with Gasteiger partial charge in [0.1, 0.15) is 11.2 Å². The van der Waals surface area contributed by atoms with Crippen LogP contribution in [0, 0.1) is 0 Å². The van der Waals surface area contributed by atoms with E-state index in [0.29, 0.717) is 0 Å². The molecule has 0 saturated carbocycles. The molecule has 0 atom stereocenters. The Hall–Kier alpha value is -6.90. The van der Waals surface area contributed by atoms with Crippen molar-refractivity contribution in [2.45, 2.75) is 0 Å². The van der Waals surface area contributed by atoms with Crippen LogP contribution in [0.3, 0.4) is 0 Å². The van der Waals surface area contributed by atoms with Crippen molar-refractivity contribution >= 4 is 60.5 Å². The number of rotatable bonds is 6. The lowest BCUT2D eigenvalue weighted by molar-refractivity contribution is 0.669. The van der Waals surface area contributed by atoms with Crippen molar-refractivity contribution in [2.24, 2.45) is 0 Å². The highest BCUT2D eigenvalue weighted by molar-refractivity contribution is 6.12. The molecule has 9 aromatic carbocycles. The third-order valence-electron chi connectivity index (χ3n) is 10.3. The zero-order valence-corrected chi connectivity index (χ0v) is 28.4. The second kappa shape index (κ2) is 12.5. The molecule has 0 saturated heterocycles. The molecule has 0 aliphatic heterocycles. The van der Waals surface area contributed by atoms with Crippen molar-refractivity contribution in [3.63, 3.8) is 0 Å². The van der Waals surface area contributed by atoms with Crippen LogP contribution in [0.5, 0.6) is 0 Å². The average Bonchev–Trinajstić information content (AvgIpc) is 3.60. The van der Waals surface area contributed by atoms with Crippen LogP contribution < -0.4 is 4.90 Å². The van der Waals surface area contributed by atoms with Crippen LogP contribution in [0.15, 0.2) is 205 Å². The summed E-state index contributed by atoms with van der Waals surface area (Å²) in [6.07, 6.45) is 0.